The van der Waals surface area contributed by atoms with Crippen LogP contribution in [0.15, 0.2) is 0 Å². The Hall–Kier alpha value is -0.900. The number of alkyl halides is 9. The zero-order chi connectivity index (χ0) is 23.1. The first kappa shape index (κ1) is 34.6. The molecule has 0 aliphatic heterocycles. The highest BCUT2D eigenvalue weighted by atomic mass is 32.2. The van der Waals surface area contributed by atoms with E-state index in [2.05, 4.69) is 0 Å². The first-order valence-electron chi connectivity index (χ1n) is 5.18. The molecule has 0 amide bonds. The Bertz CT molecular complexity index is 640. The van der Waals surface area contributed by atoms with Crippen LogP contribution in [0.4, 0.5) is 39.5 Å². The summed E-state index contributed by atoms with van der Waals surface area (Å²) in [6.07, 6.45) is -14.6. The highest BCUT2D eigenvalue weighted by molar-refractivity contribution is 7.86. The minimum Gasteiger partial charge on any atom is -0.285 e. The smallest absolute Gasteiger partial charge is 0.285 e. The maximum Gasteiger partial charge on any atom is 0.405 e. The Morgan fingerprint density at radius 1 is 0.464 bits per heavy atom. The number of halogens is 9. The Morgan fingerprint density at radius 3 is 0.571 bits per heavy atom. The molecular formula is C7H13F9O9S3. The van der Waals surface area contributed by atoms with Crippen LogP contribution in [0.25, 0.3) is 0 Å². The lowest BCUT2D eigenvalue weighted by molar-refractivity contribution is -0.108. The van der Waals surface area contributed by atoms with Gasteiger partial charge in [0.1, 0.15) is 0 Å². The zero-order valence-corrected chi connectivity index (χ0v) is 14.5. The van der Waals surface area contributed by atoms with Crippen molar-refractivity contribution in [2.24, 2.45) is 0 Å². The van der Waals surface area contributed by atoms with E-state index in [1.54, 1.807) is 0 Å². The molecule has 28 heavy (non-hydrogen) atoms. The van der Waals surface area contributed by atoms with Gasteiger partial charge in [0.15, 0.2) is 17.3 Å². The molecule has 21 heteroatoms. The van der Waals surface area contributed by atoms with Crippen molar-refractivity contribution in [1.29, 1.82) is 0 Å². The molecule has 0 aliphatic carbocycles. The molecule has 3 N–H and O–H groups in total. The second kappa shape index (κ2) is 11.3. The van der Waals surface area contributed by atoms with E-state index in [0.717, 1.165) is 0 Å². The standard InChI is InChI=1S/3C2H3F3O3S.CH4/c3*3-2(4,5)1-9(6,7)8;/h3*1H2,(H,6,7,8);1H4. The third kappa shape index (κ3) is 49.9. The topological polar surface area (TPSA) is 163 Å². The van der Waals surface area contributed by atoms with Gasteiger partial charge in [0.05, 0.1) is 0 Å². The second-order valence-corrected chi connectivity index (χ2v) is 8.38. The van der Waals surface area contributed by atoms with Crippen LogP contribution in [-0.4, -0.2) is 74.7 Å². The largest absolute Gasteiger partial charge is 0.405 e. The summed E-state index contributed by atoms with van der Waals surface area (Å²) in [6, 6.07) is 0. The molecule has 0 spiro atoms. The minimum atomic E-state index is -4.91. The minimum absolute atomic E-state index is 0. The molecule has 0 fully saturated rings. The fourth-order valence-corrected chi connectivity index (χ4v) is 1.86. The molecule has 0 heterocycles. The van der Waals surface area contributed by atoms with Gasteiger partial charge in [0.25, 0.3) is 30.4 Å². The van der Waals surface area contributed by atoms with Crippen molar-refractivity contribution < 1.29 is 78.4 Å². The summed E-state index contributed by atoms with van der Waals surface area (Å²) in [7, 11) is -14.7. The van der Waals surface area contributed by atoms with Crippen LogP contribution in [0, 0.1) is 0 Å². The third-order valence-corrected chi connectivity index (χ3v) is 3.11. The van der Waals surface area contributed by atoms with Gasteiger partial charge in [0, 0.05) is 0 Å². The molecule has 0 radical (unpaired) electrons. The van der Waals surface area contributed by atoms with Crippen LogP contribution in [-0.2, 0) is 30.4 Å². The first-order valence-corrected chi connectivity index (χ1v) is 10.0. The molecule has 176 valence electrons. The first-order chi connectivity index (χ1) is 11.1. The van der Waals surface area contributed by atoms with E-state index in [9.17, 15) is 64.8 Å². The third-order valence-electron chi connectivity index (χ3n) is 1.04. The van der Waals surface area contributed by atoms with Gasteiger partial charge in [-0.1, -0.05) is 7.43 Å². The molecule has 0 aromatic rings. The molecule has 0 atom stereocenters. The summed E-state index contributed by atoms with van der Waals surface area (Å²) < 4.78 is 179. The molecule has 0 aliphatic rings. The lowest BCUT2D eigenvalue weighted by atomic mass is 10.8. The van der Waals surface area contributed by atoms with Gasteiger partial charge in [-0.05, 0) is 0 Å². The summed E-state index contributed by atoms with van der Waals surface area (Å²) in [5.74, 6) is -6.54. The summed E-state index contributed by atoms with van der Waals surface area (Å²) in [5.41, 5.74) is 0. The second-order valence-electron chi connectivity index (χ2n) is 4.02. The fraction of sp³-hybridized carbons (Fsp3) is 1.00. The monoisotopic (exact) mass is 508 g/mol. The summed E-state index contributed by atoms with van der Waals surface area (Å²) in [6.45, 7) is 0. The molecule has 0 bridgehead atoms. The number of rotatable bonds is 3. The molecule has 0 aromatic carbocycles. The van der Waals surface area contributed by atoms with Crippen molar-refractivity contribution in [2.75, 3.05) is 17.3 Å². The van der Waals surface area contributed by atoms with Gasteiger partial charge in [-0.2, -0.15) is 64.8 Å². The van der Waals surface area contributed by atoms with Crippen molar-refractivity contribution in [2.45, 2.75) is 26.0 Å². The van der Waals surface area contributed by atoms with Crippen molar-refractivity contribution in [3.63, 3.8) is 0 Å². The maximum atomic E-state index is 11.0. The lowest BCUT2D eigenvalue weighted by Crippen LogP contribution is -2.21. The Balaban J connectivity index is -0.000000152. The zero-order valence-electron chi connectivity index (χ0n) is 12.0. The van der Waals surface area contributed by atoms with Crippen LogP contribution < -0.4 is 0 Å². The van der Waals surface area contributed by atoms with E-state index in [-0.39, 0.29) is 7.43 Å². The van der Waals surface area contributed by atoms with E-state index in [4.69, 9.17) is 13.7 Å². The Morgan fingerprint density at radius 2 is 0.571 bits per heavy atom. The van der Waals surface area contributed by atoms with Crippen molar-refractivity contribution in [3.05, 3.63) is 0 Å². The predicted molar refractivity (Wildman–Crippen MR) is 74.1 cm³/mol. The molecule has 9 nitrogen and oxygen atoms in total. The Labute approximate surface area is 152 Å². The van der Waals surface area contributed by atoms with Gasteiger partial charge in [0.2, 0.25) is 0 Å². The molecule has 0 saturated carbocycles. The average Bonchev–Trinajstić information content (AvgIpc) is 1.96. The van der Waals surface area contributed by atoms with E-state index >= 15 is 0 Å². The summed E-state index contributed by atoms with van der Waals surface area (Å²) >= 11 is 0. The molecule has 0 aromatic heterocycles. The summed E-state index contributed by atoms with van der Waals surface area (Å²) in [4.78, 5) is 0. The van der Waals surface area contributed by atoms with Crippen LogP contribution in [0.5, 0.6) is 0 Å². The van der Waals surface area contributed by atoms with Gasteiger partial charge in [-0.25, -0.2) is 0 Å². The van der Waals surface area contributed by atoms with Gasteiger partial charge in [-0.15, -0.1) is 0 Å². The lowest BCUT2D eigenvalue weighted by Gasteiger charge is -2.00. The van der Waals surface area contributed by atoms with E-state index in [1.165, 1.54) is 0 Å². The van der Waals surface area contributed by atoms with Crippen LogP contribution in [0.3, 0.4) is 0 Å². The van der Waals surface area contributed by atoms with Gasteiger partial charge in [-0.3, -0.25) is 13.7 Å². The highest BCUT2D eigenvalue weighted by Crippen LogP contribution is 2.17. The van der Waals surface area contributed by atoms with E-state index in [1.807, 2.05) is 0 Å². The van der Waals surface area contributed by atoms with Crippen molar-refractivity contribution in [3.8, 4) is 0 Å². The molecule has 0 rings (SSSR count). The van der Waals surface area contributed by atoms with E-state index < -0.39 is 66.1 Å². The maximum absolute atomic E-state index is 11.0. The molecular weight excluding hydrogens is 495 g/mol. The van der Waals surface area contributed by atoms with Crippen LogP contribution in [0.2, 0.25) is 0 Å². The Kier molecular flexibility index (Phi) is 14.0. The number of hydrogen-bond acceptors (Lipinski definition) is 6. The highest BCUT2D eigenvalue weighted by Gasteiger charge is 2.35. The normalized spacial score (nSPS) is 13.3. The molecule has 0 saturated heterocycles. The fourth-order valence-electron chi connectivity index (χ4n) is 0.620. The van der Waals surface area contributed by atoms with Crippen molar-refractivity contribution >= 4 is 30.4 Å². The van der Waals surface area contributed by atoms with Crippen LogP contribution >= 0.6 is 0 Å². The SMILES string of the molecule is C.O=S(=O)(O)CC(F)(F)F.O=S(=O)(O)CC(F)(F)F.O=S(=O)(O)CC(F)(F)F. The van der Waals surface area contributed by atoms with Gasteiger partial charge < -0.3 is 0 Å². The number of hydrogen-bond donors (Lipinski definition) is 3. The van der Waals surface area contributed by atoms with E-state index in [0.29, 0.717) is 0 Å². The summed E-state index contributed by atoms with van der Waals surface area (Å²) in [5, 5.41) is 0. The van der Waals surface area contributed by atoms with Crippen LogP contribution in [0.1, 0.15) is 7.43 Å². The predicted octanol–water partition coefficient (Wildman–Crippen LogP) is 1.95. The average molecular weight is 508 g/mol. The van der Waals surface area contributed by atoms with Crippen molar-refractivity contribution in [1.82, 2.24) is 0 Å². The van der Waals surface area contributed by atoms with Gasteiger partial charge >= 0.3 is 18.5 Å². The molecule has 0 unspecified atom stereocenters. The quantitative estimate of drug-likeness (QED) is 0.382.